The van der Waals surface area contributed by atoms with Crippen LogP contribution >= 0.6 is 11.6 Å². The van der Waals surface area contributed by atoms with Gasteiger partial charge in [-0.3, -0.25) is 0 Å². The fraction of sp³-hybridized carbons (Fsp3) is 0.133. The molecule has 0 aliphatic carbocycles. The second kappa shape index (κ2) is 6.82. The van der Waals surface area contributed by atoms with E-state index in [2.05, 4.69) is 0 Å². The van der Waals surface area contributed by atoms with Crippen LogP contribution in [-0.4, -0.2) is 19.2 Å². The van der Waals surface area contributed by atoms with Gasteiger partial charge in [-0.15, -0.1) is 0 Å². The average Bonchev–Trinajstić information content (AvgIpc) is 2.44. The number of nitrogen functional groups attached to an aromatic ring is 1. The third-order valence-electron chi connectivity index (χ3n) is 2.56. The molecule has 0 fully saturated rings. The molecule has 0 atom stereocenters. The summed E-state index contributed by atoms with van der Waals surface area (Å²) in [5.41, 5.74) is 6.30. The first-order chi connectivity index (χ1) is 9.66. The van der Waals surface area contributed by atoms with Gasteiger partial charge >= 0.3 is 5.97 Å². The zero-order valence-corrected chi connectivity index (χ0v) is 11.5. The molecule has 0 heterocycles. The molecule has 0 spiro atoms. The highest BCUT2D eigenvalue weighted by Gasteiger charge is 2.11. The van der Waals surface area contributed by atoms with E-state index in [0.717, 1.165) is 5.75 Å². The van der Waals surface area contributed by atoms with E-state index in [9.17, 15) is 4.79 Å². The molecule has 20 heavy (non-hydrogen) atoms. The first kappa shape index (κ1) is 14.2. The Kier molecular flexibility index (Phi) is 4.85. The lowest BCUT2D eigenvalue weighted by Gasteiger charge is -2.08. The molecule has 4 nitrogen and oxygen atoms in total. The number of hydrogen-bond acceptors (Lipinski definition) is 4. The van der Waals surface area contributed by atoms with Crippen LogP contribution in [0.25, 0.3) is 0 Å². The van der Waals surface area contributed by atoms with Crippen molar-refractivity contribution in [2.45, 2.75) is 0 Å². The van der Waals surface area contributed by atoms with Gasteiger partial charge in [-0.2, -0.15) is 0 Å². The molecule has 0 aromatic heterocycles. The van der Waals surface area contributed by atoms with Gasteiger partial charge < -0.3 is 15.2 Å². The molecule has 2 aromatic rings. The summed E-state index contributed by atoms with van der Waals surface area (Å²) in [7, 11) is 0. The summed E-state index contributed by atoms with van der Waals surface area (Å²) >= 11 is 5.76. The maximum atomic E-state index is 11.8. The van der Waals surface area contributed by atoms with Gasteiger partial charge in [0, 0.05) is 10.7 Å². The molecule has 0 radical (unpaired) electrons. The zero-order chi connectivity index (χ0) is 14.4. The van der Waals surface area contributed by atoms with Crippen LogP contribution in [0.5, 0.6) is 5.75 Å². The summed E-state index contributed by atoms with van der Waals surface area (Å²) in [6.45, 7) is 0.430. The Hall–Kier alpha value is -2.20. The number of hydrogen-bond donors (Lipinski definition) is 1. The van der Waals surface area contributed by atoms with Crippen molar-refractivity contribution in [3.8, 4) is 5.75 Å². The predicted molar refractivity (Wildman–Crippen MR) is 78.1 cm³/mol. The third-order valence-corrected chi connectivity index (χ3v) is 2.80. The second-order valence-corrected chi connectivity index (χ2v) is 4.47. The molecule has 2 aromatic carbocycles. The molecule has 5 heteroatoms. The lowest BCUT2D eigenvalue weighted by molar-refractivity contribution is 0.0451. The molecule has 0 aliphatic rings. The predicted octanol–water partition coefficient (Wildman–Crippen LogP) is 3.16. The molecule has 104 valence electrons. The number of rotatable bonds is 5. The largest absolute Gasteiger partial charge is 0.490 e. The number of ether oxygens (including phenoxy) is 2. The van der Waals surface area contributed by atoms with Crippen LogP contribution in [0.2, 0.25) is 5.02 Å². The van der Waals surface area contributed by atoms with Crippen molar-refractivity contribution in [2.75, 3.05) is 18.9 Å². The van der Waals surface area contributed by atoms with Gasteiger partial charge in [-0.05, 0) is 30.3 Å². The number of anilines is 1. The van der Waals surface area contributed by atoms with Gasteiger partial charge in [0.05, 0.1) is 5.56 Å². The normalized spacial score (nSPS) is 10.1. The number of para-hydroxylation sites is 1. The van der Waals surface area contributed by atoms with Gasteiger partial charge in [0.1, 0.15) is 19.0 Å². The quantitative estimate of drug-likeness (QED) is 0.522. The van der Waals surface area contributed by atoms with Crippen LogP contribution in [0.3, 0.4) is 0 Å². The van der Waals surface area contributed by atoms with Crippen molar-refractivity contribution in [2.24, 2.45) is 0 Å². The number of carbonyl (C=O) groups is 1. The lowest BCUT2D eigenvalue weighted by atomic mass is 10.2. The zero-order valence-electron chi connectivity index (χ0n) is 10.7. The van der Waals surface area contributed by atoms with E-state index in [1.54, 1.807) is 6.07 Å². The Morgan fingerprint density at radius 3 is 2.55 bits per heavy atom. The first-order valence-corrected chi connectivity index (χ1v) is 6.44. The summed E-state index contributed by atoms with van der Waals surface area (Å²) in [4.78, 5) is 11.8. The fourth-order valence-electron chi connectivity index (χ4n) is 1.61. The van der Waals surface area contributed by atoms with Gasteiger partial charge in [0.15, 0.2) is 0 Å². The van der Waals surface area contributed by atoms with Gasteiger partial charge in [0.25, 0.3) is 0 Å². The highest BCUT2D eigenvalue weighted by atomic mass is 35.5. The Balaban J connectivity index is 1.80. The van der Waals surface area contributed by atoms with E-state index in [1.165, 1.54) is 12.1 Å². The van der Waals surface area contributed by atoms with Gasteiger partial charge in [-0.1, -0.05) is 29.8 Å². The summed E-state index contributed by atoms with van der Waals surface area (Å²) in [5, 5.41) is 0.478. The Morgan fingerprint density at radius 1 is 1.10 bits per heavy atom. The molecule has 0 aliphatic heterocycles. The van der Waals surface area contributed by atoms with Gasteiger partial charge in [-0.25, -0.2) is 4.79 Å². The number of nitrogens with two attached hydrogens (primary N) is 1. The smallest absolute Gasteiger partial charge is 0.340 e. The molecular weight excluding hydrogens is 278 g/mol. The van der Waals surface area contributed by atoms with Crippen molar-refractivity contribution in [1.82, 2.24) is 0 Å². The molecule has 0 saturated carbocycles. The van der Waals surface area contributed by atoms with Crippen LogP contribution in [0.15, 0.2) is 48.5 Å². The number of esters is 1. The molecule has 2 rings (SSSR count). The third kappa shape index (κ3) is 3.90. The maximum Gasteiger partial charge on any atom is 0.340 e. The van der Waals surface area contributed by atoms with E-state index >= 15 is 0 Å². The minimum atomic E-state index is -0.490. The van der Waals surface area contributed by atoms with E-state index < -0.39 is 5.97 Å². The highest BCUT2D eigenvalue weighted by Crippen LogP contribution is 2.18. The minimum Gasteiger partial charge on any atom is -0.490 e. The Labute approximate surface area is 122 Å². The van der Waals surface area contributed by atoms with Crippen molar-refractivity contribution in [3.05, 3.63) is 59.1 Å². The van der Waals surface area contributed by atoms with Crippen molar-refractivity contribution >= 4 is 23.3 Å². The topological polar surface area (TPSA) is 61.6 Å². The summed E-state index contributed by atoms with van der Waals surface area (Å²) < 4.78 is 10.5. The van der Waals surface area contributed by atoms with Crippen LogP contribution in [-0.2, 0) is 4.74 Å². The number of halogens is 1. The monoisotopic (exact) mass is 291 g/mol. The SMILES string of the molecule is Nc1cc(Cl)ccc1C(=O)OCCOc1ccccc1. The Bertz CT molecular complexity index is 587. The van der Waals surface area contributed by atoms with E-state index in [4.69, 9.17) is 26.8 Å². The van der Waals surface area contributed by atoms with Crippen LogP contribution in [0, 0.1) is 0 Å². The average molecular weight is 292 g/mol. The summed E-state index contributed by atoms with van der Waals surface area (Å²) in [6.07, 6.45) is 0. The molecule has 0 amide bonds. The maximum absolute atomic E-state index is 11.8. The lowest BCUT2D eigenvalue weighted by Crippen LogP contribution is -2.13. The van der Waals surface area contributed by atoms with Crippen LogP contribution in [0.4, 0.5) is 5.69 Å². The summed E-state index contributed by atoms with van der Waals surface area (Å²) in [6, 6.07) is 13.9. The molecule has 2 N–H and O–H groups in total. The number of carbonyl (C=O) groups excluding carboxylic acids is 1. The molecule has 0 saturated heterocycles. The van der Waals surface area contributed by atoms with Crippen molar-refractivity contribution in [3.63, 3.8) is 0 Å². The first-order valence-electron chi connectivity index (χ1n) is 6.07. The minimum absolute atomic E-state index is 0.149. The van der Waals surface area contributed by atoms with Gasteiger partial charge in [0.2, 0.25) is 0 Å². The standard InChI is InChI=1S/C15H14ClNO3/c16-11-6-7-13(14(17)10-11)15(18)20-9-8-19-12-4-2-1-3-5-12/h1-7,10H,8-9,17H2. The molecular formula is C15H14ClNO3. The molecule has 0 unspecified atom stereocenters. The van der Waals surface area contributed by atoms with Crippen molar-refractivity contribution < 1.29 is 14.3 Å². The second-order valence-electron chi connectivity index (χ2n) is 4.03. The van der Waals surface area contributed by atoms with E-state index in [-0.39, 0.29) is 13.2 Å². The Morgan fingerprint density at radius 2 is 1.85 bits per heavy atom. The molecule has 0 bridgehead atoms. The van der Waals surface area contributed by atoms with E-state index in [1.807, 2.05) is 30.3 Å². The highest BCUT2D eigenvalue weighted by molar-refractivity contribution is 6.31. The van der Waals surface area contributed by atoms with Crippen molar-refractivity contribution in [1.29, 1.82) is 0 Å². The van der Waals surface area contributed by atoms with Crippen LogP contribution < -0.4 is 10.5 Å². The van der Waals surface area contributed by atoms with E-state index in [0.29, 0.717) is 16.3 Å². The van der Waals surface area contributed by atoms with Crippen LogP contribution in [0.1, 0.15) is 10.4 Å². The number of benzene rings is 2. The summed E-state index contributed by atoms with van der Waals surface area (Å²) in [5.74, 6) is 0.241. The fourth-order valence-corrected chi connectivity index (χ4v) is 1.79.